The summed E-state index contributed by atoms with van der Waals surface area (Å²) >= 11 is 0. The maximum atomic E-state index is 5.32. The molecule has 0 bridgehead atoms. The first-order valence-corrected chi connectivity index (χ1v) is 4.87. The lowest BCUT2D eigenvalue weighted by molar-refractivity contribution is 0.363. The van der Waals surface area contributed by atoms with Crippen molar-refractivity contribution in [2.45, 2.75) is 45.7 Å². The fraction of sp³-hybridized carbons (Fsp3) is 0.818. The Morgan fingerprint density at radius 1 is 1.42 bits per heavy atom. The van der Waals surface area contributed by atoms with Gasteiger partial charge in [-0.05, 0) is 31.6 Å². The van der Waals surface area contributed by atoms with E-state index in [2.05, 4.69) is 32.0 Å². The molecule has 4 atom stereocenters. The number of hydrogen-bond acceptors (Lipinski definition) is 1. The third kappa shape index (κ3) is 2.01. The van der Waals surface area contributed by atoms with Crippen LogP contribution >= 0.6 is 0 Å². The highest BCUT2D eigenvalue weighted by Gasteiger charge is 2.29. The smallest absolute Gasteiger partial charge is 0.0660 e. The molecule has 0 saturated heterocycles. The van der Waals surface area contributed by atoms with E-state index in [-0.39, 0.29) is 6.04 Å². The van der Waals surface area contributed by atoms with Crippen molar-refractivity contribution in [1.29, 1.82) is 0 Å². The van der Waals surface area contributed by atoms with E-state index in [1.807, 2.05) is 0 Å². The number of hydrogen-bond donors (Lipinski definition) is 1. The van der Waals surface area contributed by atoms with Gasteiger partial charge in [0.25, 0.3) is 0 Å². The van der Waals surface area contributed by atoms with Crippen molar-refractivity contribution in [1.82, 2.24) is 5.32 Å². The first-order valence-electron chi connectivity index (χ1n) is 4.87. The molecule has 1 saturated carbocycles. The Bertz CT molecular complexity index is 180. The molecule has 0 aromatic rings. The first kappa shape index (κ1) is 9.61. The Hall–Kier alpha value is -0.480. The van der Waals surface area contributed by atoms with Gasteiger partial charge in [0.2, 0.25) is 0 Å². The second kappa shape index (κ2) is 3.96. The van der Waals surface area contributed by atoms with Gasteiger partial charge in [-0.15, -0.1) is 6.42 Å². The van der Waals surface area contributed by atoms with E-state index in [1.165, 1.54) is 12.8 Å². The van der Waals surface area contributed by atoms with Crippen LogP contribution in [0.4, 0.5) is 0 Å². The van der Waals surface area contributed by atoms with Crippen LogP contribution in [0.1, 0.15) is 33.6 Å². The normalized spacial score (nSPS) is 37.7. The van der Waals surface area contributed by atoms with Gasteiger partial charge in [-0.3, -0.25) is 0 Å². The molecular weight excluding hydrogens is 146 g/mol. The van der Waals surface area contributed by atoms with Crippen LogP contribution in [-0.4, -0.2) is 12.1 Å². The molecule has 68 valence electrons. The monoisotopic (exact) mass is 165 g/mol. The highest BCUT2D eigenvalue weighted by Crippen LogP contribution is 2.31. The van der Waals surface area contributed by atoms with Gasteiger partial charge < -0.3 is 5.32 Å². The van der Waals surface area contributed by atoms with Crippen LogP contribution in [0.5, 0.6) is 0 Å². The largest absolute Gasteiger partial charge is 0.301 e. The van der Waals surface area contributed by atoms with Gasteiger partial charge >= 0.3 is 0 Å². The van der Waals surface area contributed by atoms with E-state index in [9.17, 15) is 0 Å². The van der Waals surface area contributed by atoms with E-state index in [0.717, 1.165) is 11.8 Å². The van der Waals surface area contributed by atoms with Gasteiger partial charge in [-0.2, -0.15) is 0 Å². The minimum Gasteiger partial charge on any atom is -0.301 e. The zero-order valence-corrected chi connectivity index (χ0v) is 8.30. The Kier molecular flexibility index (Phi) is 3.17. The molecule has 0 aliphatic heterocycles. The van der Waals surface area contributed by atoms with Crippen LogP contribution in [0, 0.1) is 24.2 Å². The van der Waals surface area contributed by atoms with Crippen LogP contribution in [0.3, 0.4) is 0 Å². The quantitative estimate of drug-likeness (QED) is 0.617. The Balaban J connectivity index is 2.40. The third-order valence-corrected chi connectivity index (χ3v) is 3.18. The van der Waals surface area contributed by atoms with E-state index in [4.69, 9.17) is 6.42 Å². The lowest BCUT2D eigenvalue weighted by Gasteiger charge is -2.21. The van der Waals surface area contributed by atoms with E-state index < -0.39 is 0 Å². The standard InChI is InChI=1S/C11H19N/c1-5-9(3)12-11-7-6-8(2)10(11)4/h1,8-12H,6-7H2,2-4H3. The molecule has 0 heterocycles. The summed E-state index contributed by atoms with van der Waals surface area (Å²) in [5.41, 5.74) is 0. The molecule has 1 aliphatic rings. The highest BCUT2D eigenvalue weighted by atomic mass is 15.0. The molecule has 0 aromatic heterocycles. The minimum atomic E-state index is 0.225. The summed E-state index contributed by atoms with van der Waals surface area (Å²) in [6.45, 7) is 6.70. The topological polar surface area (TPSA) is 12.0 Å². The van der Waals surface area contributed by atoms with Crippen molar-refractivity contribution >= 4 is 0 Å². The molecule has 0 aromatic carbocycles. The second-order valence-electron chi connectivity index (χ2n) is 4.08. The zero-order valence-electron chi connectivity index (χ0n) is 8.30. The van der Waals surface area contributed by atoms with Crippen molar-refractivity contribution in [3.8, 4) is 12.3 Å². The average molecular weight is 165 g/mol. The predicted molar refractivity (Wildman–Crippen MR) is 52.8 cm³/mol. The Morgan fingerprint density at radius 2 is 2.08 bits per heavy atom. The predicted octanol–water partition coefficient (Wildman–Crippen LogP) is 2.03. The molecule has 0 spiro atoms. The van der Waals surface area contributed by atoms with Gasteiger partial charge in [0, 0.05) is 6.04 Å². The molecule has 1 N–H and O–H groups in total. The molecule has 1 rings (SSSR count). The van der Waals surface area contributed by atoms with E-state index in [1.54, 1.807) is 0 Å². The third-order valence-electron chi connectivity index (χ3n) is 3.18. The number of rotatable bonds is 2. The second-order valence-corrected chi connectivity index (χ2v) is 4.08. The highest BCUT2D eigenvalue weighted by molar-refractivity contribution is 4.99. The van der Waals surface area contributed by atoms with Crippen molar-refractivity contribution in [2.75, 3.05) is 0 Å². The SMILES string of the molecule is C#CC(C)NC1CCC(C)C1C. The Morgan fingerprint density at radius 3 is 2.50 bits per heavy atom. The summed E-state index contributed by atoms with van der Waals surface area (Å²) in [6.07, 6.45) is 7.95. The zero-order chi connectivity index (χ0) is 9.14. The summed E-state index contributed by atoms with van der Waals surface area (Å²) < 4.78 is 0. The van der Waals surface area contributed by atoms with Gasteiger partial charge in [-0.25, -0.2) is 0 Å². The van der Waals surface area contributed by atoms with Crippen LogP contribution in [0.25, 0.3) is 0 Å². The summed E-state index contributed by atoms with van der Waals surface area (Å²) in [6, 6.07) is 0.869. The van der Waals surface area contributed by atoms with Crippen LogP contribution < -0.4 is 5.32 Å². The molecule has 1 fully saturated rings. The van der Waals surface area contributed by atoms with Gasteiger partial charge in [0.05, 0.1) is 6.04 Å². The summed E-state index contributed by atoms with van der Waals surface area (Å²) in [4.78, 5) is 0. The van der Waals surface area contributed by atoms with Gasteiger partial charge in [-0.1, -0.05) is 19.8 Å². The number of nitrogens with one attached hydrogen (secondary N) is 1. The van der Waals surface area contributed by atoms with Crippen molar-refractivity contribution in [3.63, 3.8) is 0 Å². The first-order chi connectivity index (χ1) is 5.65. The summed E-state index contributed by atoms with van der Waals surface area (Å²) in [5.74, 6) is 4.35. The van der Waals surface area contributed by atoms with E-state index >= 15 is 0 Å². The number of terminal acetylenes is 1. The fourth-order valence-corrected chi connectivity index (χ4v) is 1.97. The van der Waals surface area contributed by atoms with E-state index in [0.29, 0.717) is 6.04 Å². The molecule has 4 unspecified atom stereocenters. The van der Waals surface area contributed by atoms with Crippen molar-refractivity contribution < 1.29 is 0 Å². The van der Waals surface area contributed by atoms with Crippen LogP contribution in [-0.2, 0) is 0 Å². The molecule has 1 aliphatic carbocycles. The van der Waals surface area contributed by atoms with Gasteiger partial charge in [0.15, 0.2) is 0 Å². The summed E-state index contributed by atoms with van der Waals surface area (Å²) in [7, 11) is 0. The maximum Gasteiger partial charge on any atom is 0.0660 e. The van der Waals surface area contributed by atoms with Crippen molar-refractivity contribution in [2.24, 2.45) is 11.8 Å². The van der Waals surface area contributed by atoms with Crippen LogP contribution in [0.2, 0.25) is 0 Å². The van der Waals surface area contributed by atoms with Crippen molar-refractivity contribution in [3.05, 3.63) is 0 Å². The fourth-order valence-electron chi connectivity index (χ4n) is 1.97. The molecular formula is C11H19N. The molecule has 0 amide bonds. The molecule has 0 radical (unpaired) electrons. The lowest BCUT2D eigenvalue weighted by atomic mass is 9.97. The molecule has 1 nitrogen and oxygen atoms in total. The molecule has 12 heavy (non-hydrogen) atoms. The van der Waals surface area contributed by atoms with Gasteiger partial charge in [0.1, 0.15) is 0 Å². The lowest BCUT2D eigenvalue weighted by Crippen LogP contribution is -2.38. The average Bonchev–Trinajstić information content (AvgIpc) is 2.36. The Labute approximate surface area is 75.9 Å². The minimum absolute atomic E-state index is 0.225. The maximum absolute atomic E-state index is 5.32. The molecule has 1 heteroatoms. The summed E-state index contributed by atoms with van der Waals surface area (Å²) in [5, 5.41) is 3.47. The van der Waals surface area contributed by atoms with Crippen LogP contribution in [0.15, 0.2) is 0 Å².